The minimum Gasteiger partial charge on any atom is -0.481 e. The van der Waals surface area contributed by atoms with Gasteiger partial charge >= 0.3 is 5.97 Å². The van der Waals surface area contributed by atoms with Crippen LogP contribution < -0.4 is 5.32 Å². The predicted molar refractivity (Wildman–Crippen MR) is 82.7 cm³/mol. The number of aromatic nitrogens is 1. The highest BCUT2D eigenvalue weighted by Gasteiger charge is 2.17. The Kier molecular flexibility index (Phi) is 4.37. The summed E-state index contributed by atoms with van der Waals surface area (Å²) in [6.45, 7) is 5.36. The van der Waals surface area contributed by atoms with Crippen molar-refractivity contribution in [1.82, 2.24) is 4.98 Å². The Labute approximate surface area is 126 Å². The Balaban J connectivity index is 2.51. The zero-order valence-corrected chi connectivity index (χ0v) is 12.9. The maximum Gasteiger partial charge on any atom is 0.308 e. The molecular formula is C15H16N2O3S. The SMILES string of the molecule is CC(=O)Nc1nc(-c2ccc(C)cc2C)c(CC(=O)O)s1. The van der Waals surface area contributed by atoms with Crippen LogP contribution in [0.4, 0.5) is 5.13 Å². The lowest BCUT2D eigenvalue weighted by molar-refractivity contribution is -0.136. The molecule has 0 bridgehead atoms. The molecule has 1 aromatic heterocycles. The van der Waals surface area contributed by atoms with Gasteiger partial charge in [0.2, 0.25) is 5.91 Å². The number of rotatable bonds is 4. The van der Waals surface area contributed by atoms with Crippen LogP contribution in [0, 0.1) is 13.8 Å². The molecular weight excluding hydrogens is 288 g/mol. The number of carbonyl (C=O) groups is 2. The predicted octanol–water partition coefficient (Wildman–Crippen LogP) is 3.01. The second-order valence-electron chi connectivity index (χ2n) is 4.86. The number of thiazole rings is 1. The lowest BCUT2D eigenvalue weighted by Crippen LogP contribution is -2.04. The second kappa shape index (κ2) is 6.05. The third kappa shape index (κ3) is 3.66. The summed E-state index contributed by atoms with van der Waals surface area (Å²) in [6, 6.07) is 5.92. The smallest absolute Gasteiger partial charge is 0.308 e. The Morgan fingerprint density at radius 3 is 2.62 bits per heavy atom. The number of amides is 1. The summed E-state index contributed by atoms with van der Waals surface area (Å²) in [5.41, 5.74) is 3.68. The monoisotopic (exact) mass is 304 g/mol. The van der Waals surface area contributed by atoms with Crippen molar-refractivity contribution in [3.63, 3.8) is 0 Å². The highest BCUT2D eigenvalue weighted by Crippen LogP contribution is 2.33. The molecule has 0 radical (unpaired) electrons. The van der Waals surface area contributed by atoms with Crippen LogP contribution in [0.1, 0.15) is 22.9 Å². The van der Waals surface area contributed by atoms with E-state index in [0.717, 1.165) is 16.7 Å². The van der Waals surface area contributed by atoms with Crippen LogP contribution in [0.2, 0.25) is 0 Å². The van der Waals surface area contributed by atoms with Crippen molar-refractivity contribution in [2.75, 3.05) is 5.32 Å². The van der Waals surface area contributed by atoms with Crippen LogP contribution >= 0.6 is 11.3 Å². The summed E-state index contributed by atoms with van der Waals surface area (Å²) in [7, 11) is 0. The van der Waals surface area contributed by atoms with E-state index in [1.54, 1.807) is 0 Å². The van der Waals surface area contributed by atoms with Gasteiger partial charge in [-0.1, -0.05) is 23.8 Å². The third-order valence-electron chi connectivity index (χ3n) is 2.93. The van der Waals surface area contributed by atoms with Crippen molar-refractivity contribution in [2.24, 2.45) is 0 Å². The molecule has 0 fully saturated rings. The van der Waals surface area contributed by atoms with Crippen LogP contribution in [0.25, 0.3) is 11.3 Å². The standard InChI is InChI=1S/C15H16N2O3S/c1-8-4-5-11(9(2)6-8)14-12(7-13(19)20)21-15(17-14)16-10(3)18/h4-6H,7H2,1-3H3,(H,19,20)(H,16,17,18). The van der Waals surface area contributed by atoms with Crippen molar-refractivity contribution in [3.05, 3.63) is 34.2 Å². The summed E-state index contributed by atoms with van der Waals surface area (Å²) in [5.74, 6) is -1.14. The molecule has 5 nitrogen and oxygen atoms in total. The molecule has 2 N–H and O–H groups in total. The van der Waals surface area contributed by atoms with Gasteiger partial charge in [0.1, 0.15) is 0 Å². The first kappa shape index (κ1) is 15.2. The van der Waals surface area contributed by atoms with Gasteiger partial charge in [-0.15, -0.1) is 11.3 Å². The molecule has 1 amide bonds. The number of hydrogen-bond acceptors (Lipinski definition) is 4. The minimum absolute atomic E-state index is 0.111. The molecule has 0 atom stereocenters. The van der Waals surface area contributed by atoms with Gasteiger partial charge in [-0.25, -0.2) is 4.98 Å². The normalized spacial score (nSPS) is 10.4. The molecule has 0 saturated heterocycles. The first-order chi connectivity index (χ1) is 9.86. The number of carboxylic acid groups (broad SMARTS) is 1. The van der Waals surface area contributed by atoms with Crippen LogP contribution in [-0.4, -0.2) is 22.0 Å². The molecule has 0 spiro atoms. The van der Waals surface area contributed by atoms with Gasteiger partial charge in [0, 0.05) is 17.4 Å². The van der Waals surface area contributed by atoms with Gasteiger partial charge in [-0.2, -0.15) is 0 Å². The van der Waals surface area contributed by atoms with E-state index in [4.69, 9.17) is 5.11 Å². The number of carbonyl (C=O) groups excluding carboxylic acids is 1. The number of hydrogen-bond donors (Lipinski definition) is 2. The average molecular weight is 304 g/mol. The fraction of sp³-hybridized carbons (Fsp3) is 0.267. The summed E-state index contributed by atoms with van der Waals surface area (Å²) >= 11 is 1.20. The van der Waals surface area contributed by atoms with E-state index in [2.05, 4.69) is 10.3 Å². The Bertz CT molecular complexity index is 707. The number of carboxylic acids is 1. The van der Waals surface area contributed by atoms with E-state index in [0.29, 0.717) is 15.7 Å². The molecule has 0 unspecified atom stereocenters. The topological polar surface area (TPSA) is 79.3 Å². The van der Waals surface area contributed by atoms with E-state index in [1.165, 1.54) is 18.3 Å². The fourth-order valence-electron chi connectivity index (χ4n) is 2.10. The maximum absolute atomic E-state index is 11.1. The summed E-state index contributed by atoms with van der Waals surface area (Å²) in [5, 5.41) is 12.1. The molecule has 1 heterocycles. The number of nitrogens with zero attached hydrogens (tertiary/aromatic N) is 1. The first-order valence-electron chi connectivity index (χ1n) is 6.43. The summed E-state index contributed by atoms with van der Waals surface area (Å²) in [4.78, 5) is 27.2. The van der Waals surface area contributed by atoms with Crippen LogP contribution in [-0.2, 0) is 16.0 Å². The Morgan fingerprint density at radius 2 is 2.05 bits per heavy atom. The second-order valence-corrected chi connectivity index (χ2v) is 5.94. The number of aliphatic carboxylic acids is 1. The molecule has 2 aromatic rings. The third-order valence-corrected chi connectivity index (χ3v) is 3.90. The molecule has 0 saturated carbocycles. The van der Waals surface area contributed by atoms with Crippen molar-refractivity contribution < 1.29 is 14.7 Å². The molecule has 110 valence electrons. The maximum atomic E-state index is 11.1. The minimum atomic E-state index is -0.918. The molecule has 1 aromatic carbocycles. The Morgan fingerprint density at radius 1 is 1.33 bits per heavy atom. The number of nitrogens with one attached hydrogen (secondary N) is 1. The zero-order chi connectivity index (χ0) is 15.6. The molecule has 0 aliphatic rings. The largest absolute Gasteiger partial charge is 0.481 e. The van der Waals surface area contributed by atoms with Crippen molar-refractivity contribution in [3.8, 4) is 11.3 Å². The molecule has 21 heavy (non-hydrogen) atoms. The number of benzene rings is 1. The van der Waals surface area contributed by atoms with Gasteiger partial charge in [0.15, 0.2) is 5.13 Å². The van der Waals surface area contributed by atoms with Crippen LogP contribution in [0.3, 0.4) is 0 Å². The average Bonchev–Trinajstić information content (AvgIpc) is 2.69. The zero-order valence-electron chi connectivity index (χ0n) is 12.1. The fourth-order valence-corrected chi connectivity index (χ4v) is 3.12. The summed E-state index contributed by atoms with van der Waals surface area (Å²) in [6.07, 6.45) is -0.111. The van der Waals surface area contributed by atoms with Gasteiger partial charge in [-0.3, -0.25) is 9.59 Å². The number of anilines is 1. The van der Waals surface area contributed by atoms with Gasteiger partial charge in [-0.05, 0) is 19.4 Å². The number of aryl methyl sites for hydroxylation is 2. The van der Waals surface area contributed by atoms with E-state index >= 15 is 0 Å². The van der Waals surface area contributed by atoms with Gasteiger partial charge in [0.25, 0.3) is 0 Å². The first-order valence-corrected chi connectivity index (χ1v) is 7.25. The lowest BCUT2D eigenvalue weighted by Gasteiger charge is -2.06. The summed E-state index contributed by atoms with van der Waals surface area (Å²) < 4.78 is 0. The highest BCUT2D eigenvalue weighted by atomic mass is 32.1. The van der Waals surface area contributed by atoms with Crippen molar-refractivity contribution in [1.29, 1.82) is 0 Å². The van der Waals surface area contributed by atoms with E-state index < -0.39 is 5.97 Å². The van der Waals surface area contributed by atoms with E-state index in [-0.39, 0.29) is 12.3 Å². The highest BCUT2D eigenvalue weighted by molar-refractivity contribution is 7.16. The van der Waals surface area contributed by atoms with Gasteiger partial charge < -0.3 is 10.4 Å². The van der Waals surface area contributed by atoms with Crippen molar-refractivity contribution in [2.45, 2.75) is 27.2 Å². The molecule has 6 heteroatoms. The molecule has 0 aliphatic carbocycles. The molecule has 2 rings (SSSR count). The van der Waals surface area contributed by atoms with E-state index in [1.807, 2.05) is 32.0 Å². The quantitative estimate of drug-likeness (QED) is 0.910. The Hall–Kier alpha value is -2.21. The lowest BCUT2D eigenvalue weighted by atomic mass is 10.0. The van der Waals surface area contributed by atoms with E-state index in [9.17, 15) is 9.59 Å². The molecule has 0 aliphatic heterocycles. The van der Waals surface area contributed by atoms with Crippen molar-refractivity contribution >= 4 is 28.3 Å². The van der Waals surface area contributed by atoms with Crippen LogP contribution in [0.15, 0.2) is 18.2 Å². The van der Waals surface area contributed by atoms with Gasteiger partial charge in [0.05, 0.1) is 12.1 Å². The van der Waals surface area contributed by atoms with Crippen LogP contribution in [0.5, 0.6) is 0 Å².